The van der Waals surface area contributed by atoms with Gasteiger partial charge in [-0.3, -0.25) is 4.79 Å². The molecule has 0 N–H and O–H groups in total. The van der Waals surface area contributed by atoms with Crippen LogP contribution >= 0.6 is 0 Å². The van der Waals surface area contributed by atoms with Crippen molar-refractivity contribution in [2.24, 2.45) is 0 Å². The molecule has 4 nitrogen and oxygen atoms in total. The fraction of sp³-hybridized carbons (Fsp3) is 0.179. The number of aromatic nitrogens is 1. The molecule has 0 saturated heterocycles. The summed E-state index contributed by atoms with van der Waals surface area (Å²) in [6.45, 7) is 2.80. The first kappa shape index (κ1) is 20.1. The quantitative estimate of drug-likeness (QED) is 0.373. The molecule has 0 spiro atoms. The maximum Gasteiger partial charge on any atom is 0.210 e. The van der Waals surface area contributed by atoms with Gasteiger partial charge in [0.2, 0.25) is 5.78 Å². The standard InChI is InChI=1S/C28H25NO3/c1-18-9-11-19(12-10-18)23-16-24-22-17-26(32-3)25(31-2)15-21(22)13-14-29(24)27(23)28(30)20-7-5-4-6-8-20/h4-12,15-17H,13-14H2,1-3H3. The van der Waals surface area contributed by atoms with E-state index in [1.165, 1.54) is 11.1 Å². The Labute approximate surface area is 188 Å². The Hall–Kier alpha value is -3.79. The number of carbonyl (C=O) groups is 1. The number of rotatable bonds is 5. The van der Waals surface area contributed by atoms with Gasteiger partial charge in [-0.15, -0.1) is 0 Å². The second-order valence-electron chi connectivity index (χ2n) is 8.12. The summed E-state index contributed by atoms with van der Waals surface area (Å²) in [4.78, 5) is 13.7. The number of ketones is 1. The van der Waals surface area contributed by atoms with E-state index in [4.69, 9.17) is 9.47 Å². The monoisotopic (exact) mass is 423 g/mol. The van der Waals surface area contributed by atoms with Gasteiger partial charge in [-0.1, -0.05) is 60.2 Å². The van der Waals surface area contributed by atoms with Crippen molar-refractivity contribution in [1.82, 2.24) is 4.57 Å². The summed E-state index contributed by atoms with van der Waals surface area (Å²) in [5.74, 6) is 1.45. The van der Waals surface area contributed by atoms with E-state index < -0.39 is 0 Å². The molecule has 0 amide bonds. The van der Waals surface area contributed by atoms with Crippen molar-refractivity contribution in [3.05, 3.63) is 95.2 Å². The lowest BCUT2D eigenvalue weighted by Crippen LogP contribution is -2.17. The molecule has 0 aliphatic carbocycles. The third-order valence-electron chi connectivity index (χ3n) is 6.20. The number of methoxy groups -OCH3 is 2. The fourth-order valence-corrected chi connectivity index (χ4v) is 4.53. The molecule has 0 fully saturated rings. The van der Waals surface area contributed by atoms with Gasteiger partial charge in [-0.05, 0) is 42.7 Å². The van der Waals surface area contributed by atoms with Crippen molar-refractivity contribution in [1.29, 1.82) is 0 Å². The molecule has 0 radical (unpaired) electrons. The summed E-state index contributed by atoms with van der Waals surface area (Å²) in [6, 6.07) is 24.1. The highest BCUT2D eigenvalue weighted by Gasteiger charge is 2.28. The van der Waals surface area contributed by atoms with E-state index in [0.29, 0.717) is 11.3 Å². The molecule has 1 aromatic heterocycles. The molecule has 32 heavy (non-hydrogen) atoms. The van der Waals surface area contributed by atoms with Gasteiger partial charge in [0.25, 0.3) is 0 Å². The highest BCUT2D eigenvalue weighted by molar-refractivity contribution is 6.12. The molecule has 1 aliphatic rings. The number of ether oxygens (including phenoxy) is 2. The number of benzene rings is 3. The Bertz CT molecular complexity index is 1300. The number of fused-ring (bicyclic) bond motifs is 3. The zero-order valence-corrected chi connectivity index (χ0v) is 18.5. The maximum absolute atomic E-state index is 13.7. The number of hydrogen-bond donors (Lipinski definition) is 0. The van der Waals surface area contributed by atoms with E-state index in [2.05, 4.69) is 47.9 Å². The van der Waals surface area contributed by atoms with Crippen LogP contribution in [0.2, 0.25) is 0 Å². The number of aryl methyl sites for hydroxylation is 2. The minimum atomic E-state index is 0.0383. The van der Waals surface area contributed by atoms with Crippen LogP contribution in [-0.2, 0) is 13.0 Å². The Morgan fingerprint density at radius 3 is 2.22 bits per heavy atom. The van der Waals surface area contributed by atoms with E-state index in [9.17, 15) is 4.79 Å². The average Bonchev–Trinajstić information content (AvgIpc) is 3.23. The molecule has 5 rings (SSSR count). The van der Waals surface area contributed by atoms with Crippen molar-refractivity contribution in [3.8, 4) is 33.9 Å². The van der Waals surface area contributed by atoms with E-state index in [1.54, 1.807) is 14.2 Å². The van der Waals surface area contributed by atoms with Crippen molar-refractivity contribution in [2.45, 2.75) is 19.9 Å². The lowest BCUT2D eigenvalue weighted by molar-refractivity contribution is 0.103. The molecule has 4 heteroatoms. The SMILES string of the molecule is COc1cc2c(cc1OC)-c1cc(-c3ccc(C)cc3)c(C(=O)c3ccccc3)n1CC2. The summed E-state index contributed by atoms with van der Waals surface area (Å²) in [6.07, 6.45) is 0.819. The Kier molecular flexibility index (Phi) is 5.06. The predicted molar refractivity (Wildman–Crippen MR) is 127 cm³/mol. The van der Waals surface area contributed by atoms with Gasteiger partial charge >= 0.3 is 0 Å². The van der Waals surface area contributed by atoms with Gasteiger partial charge < -0.3 is 14.0 Å². The summed E-state index contributed by atoms with van der Waals surface area (Å²) in [5.41, 5.74) is 7.92. The van der Waals surface area contributed by atoms with Crippen LogP contribution in [0.25, 0.3) is 22.4 Å². The molecule has 160 valence electrons. The maximum atomic E-state index is 13.7. The Morgan fingerprint density at radius 2 is 1.53 bits per heavy atom. The predicted octanol–water partition coefficient (Wildman–Crippen LogP) is 5.93. The first-order chi connectivity index (χ1) is 15.6. The first-order valence-electron chi connectivity index (χ1n) is 10.8. The number of carbonyl (C=O) groups excluding carboxylic acids is 1. The largest absolute Gasteiger partial charge is 0.493 e. The minimum Gasteiger partial charge on any atom is -0.493 e. The van der Waals surface area contributed by atoms with E-state index in [-0.39, 0.29) is 5.78 Å². The van der Waals surface area contributed by atoms with Crippen molar-refractivity contribution in [2.75, 3.05) is 14.2 Å². The molecule has 1 aliphatic heterocycles. The van der Waals surface area contributed by atoms with Crippen molar-refractivity contribution < 1.29 is 14.3 Å². The Balaban J connectivity index is 1.75. The van der Waals surface area contributed by atoms with Crippen LogP contribution in [0.4, 0.5) is 0 Å². The van der Waals surface area contributed by atoms with Crippen LogP contribution in [0.15, 0.2) is 72.8 Å². The highest BCUT2D eigenvalue weighted by atomic mass is 16.5. The van der Waals surface area contributed by atoms with Crippen LogP contribution in [0.3, 0.4) is 0 Å². The summed E-state index contributed by atoms with van der Waals surface area (Å²) in [7, 11) is 3.30. The molecule has 4 aromatic rings. The third kappa shape index (κ3) is 3.28. The second-order valence-corrected chi connectivity index (χ2v) is 8.12. The molecular formula is C28H25NO3. The summed E-state index contributed by atoms with van der Waals surface area (Å²) < 4.78 is 13.2. The lowest BCUT2D eigenvalue weighted by atomic mass is 9.97. The van der Waals surface area contributed by atoms with Crippen LogP contribution in [0, 0.1) is 6.92 Å². The third-order valence-corrected chi connectivity index (χ3v) is 6.20. The zero-order chi connectivity index (χ0) is 22.2. The molecular weight excluding hydrogens is 398 g/mol. The van der Waals surface area contributed by atoms with E-state index >= 15 is 0 Å². The topological polar surface area (TPSA) is 40.5 Å². The molecule has 0 atom stereocenters. The molecule has 2 heterocycles. The van der Waals surface area contributed by atoms with Gasteiger partial charge in [0.1, 0.15) is 0 Å². The van der Waals surface area contributed by atoms with Crippen LogP contribution < -0.4 is 9.47 Å². The Morgan fingerprint density at radius 1 is 0.844 bits per heavy atom. The van der Waals surface area contributed by atoms with Crippen LogP contribution in [0.1, 0.15) is 27.2 Å². The van der Waals surface area contributed by atoms with E-state index in [1.807, 2.05) is 36.4 Å². The smallest absolute Gasteiger partial charge is 0.210 e. The highest BCUT2D eigenvalue weighted by Crippen LogP contribution is 2.42. The zero-order valence-electron chi connectivity index (χ0n) is 18.5. The number of nitrogens with zero attached hydrogens (tertiary/aromatic N) is 1. The van der Waals surface area contributed by atoms with Gasteiger partial charge in [0.05, 0.1) is 19.9 Å². The van der Waals surface area contributed by atoms with Crippen LogP contribution in [0.5, 0.6) is 11.5 Å². The normalized spacial score (nSPS) is 12.1. The summed E-state index contributed by atoms with van der Waals surface area (Å²) >= 11 is 0. The first-order valence-corrected chi connectivity index (χ1v) is 10.8. The molecule has 0 saturated carbocycles. The average molecular weight is 424 g/mol. The fourth-order valence-electron chi connectivity index (χ4n) is 4.53. The van der Waals surface area contributed by atoms with Crippen LogP contribution in [-0.4, -0.2) is 24.6 Å². The molecule has 3 aromatic carbocycles. The van der Waals surface area contributed by atoms with Gasteiger partial charge in [0.15, 0.2) is 11.5 Å². The van der Waals surface area contributed by atoms with Gasteiger partial charge in [0, 0.05) is 28.9 Å². The van der Waals surface area contributed by atoms with Crippen molar-refractivity contribution >= 4 is 5.78 Å². The number of hydrogen-bond acceptors (Lipinski definition) is 3. The summed E-state index contributed by atoms with van der Waals surface area (Å²) in [5, 5.41) is 0. The van der Waals surface area contributed by atoms with E-state index in [0.717, 1.165) is 46.8 Å². The van der Waals surface area contributed by atoms with Gasteiger partial charge in [-0.25, -0.2) is 0 Å². The van der Waals surface area contributed by atoms with Gasteiger partial charge in [-0.2, -0.15) is 0 Å². The molecule has 0 bridgehead atoms. The van der Waals surface area contributed by atoms with Crippen molar-refractivity contribution in [3.63, 3.8) is 0 Å². The second kappa shape index (κ2) is 8.04. The molecule has 0 unspecified atom stereocenters. The minimum absolute atomic E-state index is 0.0383. The lowest BCUT2D eigenvalue weighted by Gasteiger charge is -2.23.